The Morgan fingerprint density at radius 1 is 1.27 bits per heavy atom. The Morgan fingerprint density at radius 3 is 2.93 bits per heavy atom. The standard InChI is InChI=1S/C10H6N2O2S/c13-11-5-1-3-7-9(11)10-8(15-7)4-2-6-12(10)14/h1-6H. The van der Waals surface area contributed by atoms with Gasteiger partial charge in [-0.15, -0.1) is 11.3 Å². The second kappa shape index (κ2) is 2.80. The van der Waals surface area contributed by atoms with Crippen LogP contribution in [0.2, 0.25) is 0 Å². The fourth-order valence-electron chi connectivity index (χ4n) is 1.67. The van der Waals surface area contributed by atoms with Crippen LogP contribution in [0.25, 0.3) is 20.4 Å². The van der Waals surface area contributed by atoms with E-state index in [1.165, 1.54) is 23.7 Å². The normalized spacial score (nSPS) is 11.2. The van der Waals surface area contributed by atoms with Gasteiger partial charge in [-0.25, -0.2) is 0 Å². The summed E-state index contributed by atoms with van der Waals surface area (Å²) in [6.07, 6.45) is 2.81. The molecule has 3 rings (SSSR count). The van der Waals surface area contributed by atoms with Crippen molar-refractivity contribution >= 4 is 31.8 Å². The van der Waals surface area contributed by atoms with Gasteiger partial charge in [0.15, 0.2) is 0 Å². The zero-order valence-electron chi connectivity index (χ0n) is 7.58. The van der Waals surface area contributed by atoms with Crippen LogP contribution in [0.5, 0.6) is 0 Å². The zero-order valence-corrected chi connectivity index (χ0v) is 8.40. The fraction of sp³-hybridized carbons (Fsp3) is 0. The molecular weight excluding hydrogens is 212 g/mol. The highest BCUT2D eigenvalue weighted by Crippen LogP contribution is 2.30. The van der Waals surface area contributed by atoms with Gasteiger partial charge >= 0.3 is 5.52 Å². The molecule has 0 amide bonds. The average molecular weight is 218 g/mol. The summed E-state index contributed by atoms with van der Waals surface area (Å²) < 4.78 is 3.14. The second-order valence-electron chi connectivity index (χ2n) is 3.20. The highest BCUT2D eigenvalue weighted by molar-refractivity contribution is 7.25. The monoisotopic (exact) mass is 218 g/mol. The van der Waals surface area contributed by atoms with E-state index in [9.17, 15) is 10.1 Å². The van der Waals surface area contributed by atoms with Gasteiger partial charge in [-0.1, -0.05) is 0 Å². The first-order valence-electron chi connectivity index (χ1n) is 4.40. The van der Waals surface area contributed by atoms with E-state index in [1.807, 2.05) is 12.1 Å². The van der Waals surface area contributed by atoms with E-state index in [0.29, 0.717) is 11.0 Å². The van der Waals surface area contributed by atoms with E-state index in [2.05, 4.69) is 0 Å². The van der Waals surface area contributed by atoms with Gasteiger partial charge in [-0.05, 0) is 24.4 Å². The summed E-state index contributed by atoms with van der Waals surface area (Å²) in [6, 6.07) is 7.04. The van der Waals surface area contributed by atoms with Gasteiger partial charge in [0.1, 0.15) is 10.2 Å². The molecule has 0 aliphatic heterocycles. The quantitative estimate of drug-likeness (QED) is 0.543. The third-order valence-electron chi connectivity index (χ3n) is 2.29. The number of fused-ring (bicyclic) bond motifs is 3. The molecule has 5 heteroatoms. The van der Waals surface area contributed by atoms with Gasteiger partial charge in [0.05, 0.1) is 9.13 Å². The lowest BCUT2D eigenvalue weighted by Crippen LogP contribution is -2.13. The molecule has 0 saturated heterocycles. The summed E-state index contributed by atoms with van der Waals surface area (Å²) in [5.74, 6) is 0. The van der Waals surface area contributed by atoms with E-state index >= 15 is 0 Å². The molecule has 4 nitrogen and oxygen atoms in total. The number of hydrogen-bond acceptors (Lipinski definition) is 3. The van der Waals surface area contributed by atoms with Gasteiger partial charge in [-0.2, -0.15) is 0 Å². The maximum absolute atomic E-state index is 11.6. The third-order valence-corrected chi connectivity index (χ3v) is 3.39. The lowest BCUT2D eigenvalue weighted by atomic mass is 10.3. The molecule has 0 bridgehead atoms. The molecule has 0 fully saturated rings. The maximum Gasteiger partial charge on any atom is 0.304 e. The number of hydrogen-bond donors (Lipinski definition) is 0. The zero-order chi connectivity index (χ0) is 10.4. The van der Waals surface area contributed by atoms with Crippen LogP contribution in [0.4, 0.5) is 0 Å². The largest absolute Gasteiger partial charge is 0.805 e. The van der Waals surface area contributed by atoms with Crippen molar-refractivity contribution in [2.24, 2.45) is 0 Å². The summed E-state index contributed by atoms with van der Waals surface area (Å²) >= 11 is 1.45. The van der Waals surface area contributed by atoms with Crippen molar-refractivity contribution in [2.45, 2.75) is 0 Å². The van der Waals surface area contributed by atoms with Crippen LogP contribution >= 0.6 is 11.3 Å². The Kier molecular flexibility index (Phi) is 1.58. The van der Waals surface area contributed by atoms with Crippen molar-refractivity contribution in [3.63, 3.8) is 0 Å². The lowest BCUT2D eigenvalue weighted by molar-refractivity contribution is -0.462. The number of rotatable bonds is 0. The number of thiophene rings is 1. The van der Waals surface area contributed by atoms with E-state index in [-0.39, 0.29) is 0 Å². The maximum atomic E-state index is 11.6. The van der Waals surface area contributed by atoms with Crippen LogP contribution in [-0.4, -0.2) is 4.73 Å². The minimum Gasteiger partial charge on any atom is -0.805 e. The molecule has 0 N–H and O–H groups in total. The first-order valence-corrected chi connectivity index (χ1v) is 5.21. The topological polar surface area (TPSA) is 51.0 Å². The summed E-state index contributed by atoms with van der Waals surface area (Å²) in [5, 5.41) is 11.6. The third kappa shape index (κ3) is 1.07. The summed E-state index contributed by atoms with van der Waals surface area (Å²) in [7, 11) is 0. The van der Waals surface area contributed by atoms with Crippen molar-refractivity contribution in [2.75, 3.05) is 0 Å². The summed E-state index contributed by atoms with van der Waals surface area (Å²) in [4.78, 5) is 11.6. The van der Waals surface area contributed by atoms with Crippen molar-refractivity contribution < 1.29 is 4.43 Å². The van der Waals surface area contributed by atoms with Crippen LogP contribution in [0.15, 0.2) is 36.7 Å². The molecule has 3 aromatic heterocycles. The molecule has 0 unspecified atom stereocenters. The predicted molar refractivity (Wildman–Crippen MR) is 59.5 cm³/mol. The van der Waals surface area contributed by atoms with Crippen LogP contribution in [0.3, 0.4) is 0 Å². The Balaban J connectivity index is 2.74. The van der Waals surface area contributed by atoms with Crippen molar-refractivity contribution in [3.05, 3.63) is 46.8 Å². The Bertz CT molecular complexity index is 714. The predicted octanol–water partition coefficient (Wildman–Crippen LogP) is 2.12. The Morgan fingerprint density at radius 2 is 2.07 bits per heavy atom. The summed E-state index contributed by atoms with van der Waals surface area (Å²) in [6.45, 7) is 0. The number of pyridine rings is 2. The van der Waals surface area contributed by atoms with Crippen LogP contribution in [0, 0.1) is 10.1 Å². The molecule has 3 heterocycles. The lowest BCUT2D eigenvalue weighted by Gasteiger charge is -2.09. The fourth-order valence-corrected chi connectivity index (χ4v) is 2.76. The molecular formula is C10H6N2O2S. The molecule has 15 heavy (non-hydrogen) atoms. The molecule has 0 saturated carbocycles. The van der Waals surface area contributed by atoms with Crippen LogP contribution < -0.4 is 4.43 Å². The van der Waals surface area contributed by atoms with Crippen LogP contribution in [0.1, 0.15) is 0 Å². The smallest absolute Gasteiger partial charge is 0.304 e. The van der Waals surface area contributed by atoms with Crippen molar-refractivity contribution in [1.29, 1.82) is 0 Å². The van der Waals surface area contributed by atoms with Gasteiger partial charge in [0.25, 0.3) is 0 Å². The molecule has 0 radical (unpaired) electrons. The SMILES string of the molecule is O=[n+]1cccc2sc3cccn([O-])c3c21. The molecule has 74 valence electrons. The molecule has 0 spiro atoms. The van der Waals surface area contributed by atoms with E-state index in [1.54, 1.807) is 12.1 Å². The first-order chi connectivity index (χ1) is 7.27. The Hall–Kier alpha value is -1.88. The average Bonchev–Trinajstić information content (AvgIpc) is 2.58. The Labute approximate surface area is 88.2 Å². The van der Waals surface area contributed by atoms with Crippen molar-refractivity contribution in [3.8, 4) is 0 Å². The van der Waals surface area contributed by atoms with Gasteiger partial charge in [-0.3, -0.25) is 0 Å². The minimum absolute atomic E-state index is 0.452. The first kappa shape index (κ1) is 8.43. The van der Waals surface area contributed by atoms with Crippen LogP contribution in [-0.2, 0) is 0 Å². The molecule has 0 aliphatic carbocycles. The van der Waals surface area contributed by atoms with Gasteiger partial charge in [0, 0.05) is 11.0 Å². The molecule has 0 aliphatic rings. The highest BCUT2D eigenvalue weighted by Gasteiger charge is 2.14. The minimum atomic E-state index is 0.452. The number of nitrogens with zero attached hydrogens (tertiary/aromatic N) is 2. The molecule has 3 aromatic rings. The second-order valence-corrected chi connectivity index (χ2v) is 4.28. The molecule has 0 atom stereocenters. The number of aromatic nitrogens is 2. The summed E-state index contributed by atoms with van der Waals surface area (Å²) in [5.41, 5.74) is 0.904. The van der Waals surface area contributed by atoms with E-state index in [0.717, 1.165) is 18.6 Å². The highest BCUT2D eigenvalue weighted by atomic mass is 32.1. The van der Waals surface area contributed by atoms with E-state index in [4.69, 9.17) is 0 Å². The molecule has 0 aromatic carbocycles. The van der Waals surface area contributed by atoms with Gasteiger partial charge < -0.3 is 9.94 Å². The van der Waals surface area contributed by atoms with E-state index < -0.39 is 0 Å². The van der Waals surface area contributed by atoms with Gasteiger partial charge in [0.2, 0.25) is 6.20 Å². The van der Waals surface area contributed by atoms with Crippen molar-refractivity contribution in [1.82, 2.24) is 4.73 Å².